The second-order valence-electron chi connectivity index (χ2n) is 6.41. The topological polar surface area (TPSA) is 40.5 Å². The van der Waals surface area contributed by atoms with Gasteiger partial charge in [0, 0.05) is 12.6 Å². The van der Waals surface area contributed by atoms with Crippen LogP contribution in [-0.2, 0) is 4.79 Å². The Morgan fingerprint density at radius 3 is 2.59 bits per heavy atom. The van der Waals surface area contributed by atoms with Gasteiger partial charge in [-0.3, -0.25) is 9.69 Å². The summed E-state index contributed by atoms with van der Waals surface area (Å²) in [5.74, 6) is 0.164. The molecule has 2 unspecified atom stereocenters. The number of nitrogens with zero attached hydrogens (tertiary/aromatic N) is 1. The summed E-state index contributed by atoms with van der Waals surface area (Å²) < 4.78 is 0. The summed E-state index contributed by atoms with van der Waals surface area (Å²) in [7, 11) is 0. The van der Waals surface area contributed by atoms with Gasteiger partial charge in [-0.25, -0.2) is 0 Å². The molecule has 0 amide bonds. The van der Waals surface area contributed by atoms with Crippen LogP contribution in [0.4, 0.5) is 0 Å². The number of hydrogen-bond donors (Lipinski definition) is 1. The van der Waals surface area contributed by atoms with Crippen molar-refractivity contribution in [2.45, 2.75) is 58.4 Å². The number of piperidine rings is 1. The second-order valence-corrected chi connectivity index (χ2v) is 6.41. The summed E-state index contributed by atoms with van der Waals surface area (Å²) in [5, 5.41) is 9.24. The summed E-state index contributed by atoms with van der Waals surface area (Å²) in [5.41, 5.74) is -0.612. The molecular formula is C14H25NO2. The predicted octanol–water partition coefficient (Wildman–Crippen LogP) is 2.75. The first-order valence-electron chi connectivity index (χ1n) is 6.98. The van der Waals surface area contributed by atoms with Crippen molar-refractivity contribution in [1.82, 2.24) is 4.90 Å². The Balaban J connectivity index is 2.01. The molecule has 1 aliphatic heterocycles. The van der Waals surface area contributed by atoms with E-state index < -0.39 is 11.4 Å². The first kappa shape index (κ1) is 12.9. The van der Waals surface area contributed by atoms with Crippen molar-refractivity contribution in [2.75, 3.05) is 13.1 Å². The van der Waals surface area contributed by atoms with E-state index in [0.717, 1.165) is 12.5 Å². The highest BCUT2D eigenvalue weighted by atomic mass is 16.4. The molecule has 1 saturated carbocycles. The fraction of sp³-hybridized carbons (Fsp3) is 0.929. The number of carbonyl (C=O) groups is 1. The van der Waals surface area contributed by atoms with Gasteiger partial charge in [0.2, 0.25) is 0 Å². The molecular weight excluding hydrogens is 214 g/mol. The summed E-state index contributed by atoms with van der Waals surface area (Å²) in [6.07, 6.45) is 7.93. The zero-order valence-electron chi connectivity index (χ0n) is 11.1. The van der Waals surface area contributed by atoms with E-state index in [0.29, 0.717) is 12.6 Å². The largest absolute Gasteiger partial charge is 0.481 e. The maximum atomic E-state index is 11.2. The standard InChI is InChI=1S/C14H25NO2/c1-14(2,13(16)17)10-15-9-5-7-11-6-3-4-8-12(11)15/h11-12H,3-10H2,1-2H3,(H,16,17). The average Bonchev–Trinajstić information content (AvgIpc) is 2.29. The van der Waals surface area contributed by atoms with Gasteiger partial charge in [-0.1, -0.05) is 12.8 Å². The Labute approximate surface area is 104 Å². The Morgan fingerprint density at radius 2 is 1.88 bits per heavy atom. The van der Waals surface area contributed by atoms with Crippen LogP contribution >= 0.6 is 0 Å². The maximum Gasteiger partial charge on any atom is 0.310 e. The predicted molar refractivity (Wildman–Crippen MR) is 68.0 cm³/mol. The van der Waals surface area contributed by atoms with Crippen LogP contribution in [0.25, 0.3) is 0 Å². The first-order chi connectivity index (χ1) is 8.00. The van der Waals surface area contributed by atoms with Crippen LogP contribution in [0.3, 0.4) is 0 Å². The van der Waals surface area contributed by atoms with Gasteiger partial charge < -0.3 is 5.11 Å². The van der Waals surface area contributed by atoms with Crippen LogP contribution in [0.1, 0.15) is 52.4 Å². The van der Waals surface area contributed by atoms with Crippen molar-refractivity contribution in [3.63, 3.8) is 0 Å². The van der Waals surface area contributed by atoms with Gasteiger partial charge >= 0.3 is 5.97 Å². The molecule has 3 heteroatoms. The minimum Gasteiger partial charge on any atom is -0.481 e. The molecule has 0 bridgehead atoms. The molecule has 98 valence electrons. The quantitative estimate of drug-likeness (QED) is 0.823. The maximum absolute atomic E-state index is 11.2. The van der Waals surface area contributed by atoms with Crippen LogP contribution in [0.2, 0.25) is 0 Å². The molecule has 17 heavy (non-hydrogen) atoms. The molecule has 2 rings (SSSR count). The molecule has 0 radical (unpaired) electrons. The van der Waals surface area contributed by atoms with E-state index in [1.54, 1.807) is 0 Å². The lowest BCUT2D eigenvalue weighted by Crippen LogP contribution is -2.51. The van der Waals surface area contributed by atoms with E-state index in [-0.39, 0.29) is 0 Å². The van der Waals surface area contributed by atoms with Gasteiger partial charge in [0.25, 0.3) is 0 Å². The minimum atomic E-state index is -0.671. The number of likely N-dealkylation sites (tertiary alicyclic amines) is 1. The Hall–Kier alpha value is -0.570. The third kappa shape index (κ3) is 2.82. The van der Waals surface area contributed by atoms with E-state index in [9.17, 15) is 9.90 Å². The normalized spacial score (nSPS) is 30.9. The highest BCUT2D eigenvalue weighted by Crippen LogP contribution is 2.36. The van der Waals surface area contributed by atoms with E-state index in [2.05, 4.69) is 4.90 Å². The van der Waals surface area contributed by atoms with Crippen molar-refractivity contribution in [3.8, 4) is 0 Å². The summed E-state index contributed by atoms with van der Waals surface area (Å²) >= 11 is 0. The van der Waals surface area contributed by atoms with Gasteiger partial charge in [-0.15, -0.1) is 0 Å². The first-order valence-corrected chi connectivity index (χ1v) is 6.98. The van der Waals surface area contributed by atoms with E-state index in [1.807, 2.05) is 13.8 Å². The number of rotatable bonds is 3. The molecule has 0 aromatic rings. The molecule has 2 fully saturated rings. The van der Waals surface area contributed by atoms with Crippen LogP contribution in [0, 0.1) is 11.3 Å². The highest BCUT2D eigenvalue weighted by Gasteiger charge is 2.38. The fourth-order valence-electron chi connectivity index (χ4n) is 3.50. The van der Waals surface area contributed by atoms with Crippen molar-refractivity contribution in [3.05, 3.63) is 0 Å². The molecule has 1 heterocycles. The molecule has 3 nitrogen and oxygen atoms in total. The van der Waals surface area contributed by atoms with E-state index in [1.165, 1.54) is 38.5 Å². The van der Waals surface area contributed by atoms with Crippen molar-refractivity contribution >= 4 is 5.97 Å². The zero-order valence-corrected chi connectivity index (χ0v) is 11.1. The number of aliphatic carboxylic acids is 1. The molecule has 2 atom stereocenters. The molecule has 1 saturated heterocycles. The average molecular weight is 239 g/mol. The Bertz CT molecular complexity index is 286. The van der Waals surface area contributed by atoms with Crippen molar-refractivity contribution < 1.29 is 9.90 Å². The van der Waals surface area contributed by atoms with Crippen molar-refractivity contribution in [1.29, 1.82) is 0 Å². The Kier molecular flexibility index (Phi) is 3.76. The molecule has 0 spiro atoms. The smallest absolute Gasteiger partial charge is 0.310 e. The Morgan fingerprint density at radius 1 is 1.24 bits per heavy atom. The number of fused-ring (bicyclic) bond motifs is 1. The lowest BCUT2D eigenvalue weighted by molar-refractivity contribution is -0.149. The van der Waals surface area contributed by atoms with E-state index >= 15 is 0 Å². The number of carboxylic acid groups (broad SMARTS) is 1. The zero-order chi connectivity index (χ0) is 12.5. The molecule has 0 aromatic heterocycles. The molecule has 2 aliphatic rings. The number of carboxylic acids is 1. The van der Waals surface area contributed by atoms with E-state index in [4.69, 9.17) is 0 Å². The monoisotopic (exact) mass is 239 g/mol. The van der Waals surface area contributed by atoms with Gasteiger partial charge in [-0.05, 0) is 52.0 Å². The van der Waals surface area contributed by atoms with Gasteiger partial charge in [0.05, 0.1) is 5.41 Å². The van der Waals surface area contributed by atoms with Gasteiger partial charge in [0.1, 0.15) is 0 Å². The van der Waals surface area contributed by atoms with Crippen LogP contribution in [0.15, 0.2) is 0 Å². The van der Waals surface area contributed by atoms with Crippen molar-refractivity contribution in [2.24, 2.45) is 11.3 Å². The second kappa shape index (κ2) is 4.97. The van der Waals surface area contributed by atoms with Gasteiger partial charge in [0.15, 0.2) is 0 Å². The number of hydrogen-bond acceptors (Lipinski definition) is 2. The lowest BCUT2D eigenvalue weighted by Gasteiger charge is -2.46. The lowest BCUT2D eigenvalue weighted by atomic mass is 9.77. The third-order valence-corrected chi connectivity index (χ3v) is 4.54. The summed E-state index contributed by atoms with van der Waals surface area (Å²) in [4.78, 5) is 13.7. The summed E-state index contributed by atoms with van der Waals surface area (Å²) in [6, 6.07) is 0.663. The molecule has 1 N–H and O–H groups in total. The van der Waals surface area contributed by atoms with Gasteiger partial charge in [-0.2, -0.15) is 0 Å². The minimum absolute atomic E-state index is 0.612. The summed E-state index contributed by atoms with van der Waals surface area (Å²) in [6.45, 7) is 5.50. The molecule has 1 aliphatic carbocycles. The third-order valence-electron chi connectivity index (χ3n) is 4.54. The SMILES string of the molecule is CC(C)(CN1CCCC2CCCCC21)C(=O)O. The fourth-order valence-corrected chi connectivity index (χ4v) is 3.50. The van der Waals surface area contributed by atoms with Crippen LogP contribution < -0.4 is 0 Å². The van der Waals surface area contributed by atoms with Crippen LogP contribution in [-0.4, -0.2) is 35.1 Å². The molecule has 0 aromatic carbocycles. The highest BCUT2D eigenvalue weighted by molar-refractivity contribution is 5.73. The van der Waals surface area contributed by atoms with Crippen LogP contribution in [0.5, 0.6) is 0 Å².